The summed E-state index contributed by atoms with van der Waals surface area (Å²) < 4.78 is 5.55. The van der Waals surface area contributed by atoms with E-state index >= 15 is 0 Å². The molecule has 2 atom stereocenters. The average molecular weight is 327 g/mol. The lowest BCUT2D eigenvalue weighted by molar-refractivity contribution is -0.124. The summed E-state index contributed by atoms with van der Waals surface area (Å²) in [4.78, 5) is 11.9. The van der Waals surface area contributed by atoms with Crippen molar-refractivity contribution in [1.29, 1.82) is 0 Å². The summed E-state index contributed by atoms with van der Waals surface area (Å²) in [5.74, 6) is 1.70. The predicted octanol–water partition coefficient (Wildman–Crippen LogP) is 2.72. The zero-order valence-corrected chi connectivity index (χ0v) is 14.4. The molecule has 1 aliphatic rings. The van der Waals surface area contributed by atoms with Crippen molar-refractivity contribution in [2.45, 2.75) is 39.2 Å². The minimum atomic E-state index is -0.0523. The molecule has 22 heavy (non-hydrogen) atoms. The van der Waals surface area contributed by atoms with E-state index < -0.39 is 0 Å². The number of amides is 1. The third kappa shape index (κ3) is 5.50. The molecule has 0 spiro atoms. The van der Waals surface area contributed by atoms with Crippen molar-refractivity contribution in [3.8, 4) is 5.75 Å². The fourth-order valence-electron chi connectivity index (χ4n) is 2.53. The number of ether oxygens (including phenoxy) is 1. The smallest absolute Gasteiger partial charge is 0.258 e. The van der Waals surface area contributed by atoms with Gasteiger partial charge in [-0.2, -0.15) is 0 Å². The Kier molecular flexibility index (Phi) is 7.69. The Hall–Kier alpha value is -1.26. The van der Waals surface area contributed by atoms with Gasteiger partial charge in [-0.05, 0) is 42.5 Å². The van der Waals surface area contributed by atoms with Gasteiger partial charge in [0, 0.05) is 12.6 Å². The van der Waals surface area contributed by atoms with Crippen molar-refractivity contribution in [3.05, 3.63) is 29.8 Å². The summed E-state index contributed by atoms with van der Waals surface area (Å²) in [6.07, 6.45) is 1.10. The Labute approximate surface area is 139 Å². The molecule has 1 heterocycles. The van der Waals surface area contributed by atoms with Gasteiger partial charge in [0.25, 0.3) is 5.91 Å². The number of halogens is 1. The molecule has 0 radical (unpaired) electrons. The molecule has 2 N–H and O–H groups in total. The summed E-state index contributed by atoms with van der Waals surface area (Å²) in [6, 6.07) is 8.15. The van der Waals surface area contributed by atoms with Crippen molar-refractivity contribution < 1.29 is 9.53 Å². The van der Waals surface area contributed by atoms with Gasteiger partial charge in [0.05, 0.1) is 0 Å². The summed E-state index contributed by atoms with van der Waals surface area (Å²) >= 11 is 0. The molecule has 4 nitrogen and oxygen atoms in total. The van der Waals surface area contributed by atoms with Gasteiger partial charge in [0.15, 0.2) is 6.61 Å². The van der Waals surface area contributed by atoms with E-state index in [4.69, 9.17) is 4.74 Å². The topological polar surface area (TPSA) is 50.4 Å². The van der Waals surface area contributed by atoms with Gasteiger partial charge in [0.2, 0.25) is 0 Å². The van der Waals surface area contributed by atoms with Crippen molar-refractivity contribution >= 4 is 18.3 Å². The average Bonchev–Trinajstić information content (AvgIpc) is 2.48. The van der Waals surface area contributed by atoms with Crippen LogP contribution in [0.3, 0.4) is 0 Å². The lowest BCUT2D eigenvalue weighted by atomic mass is 9.95. The van der Waals surface area contributed by atoms with Gasteiger partial charge in [-0.1, -0.05) is 32.9 Å². The maximum Gasteiger partial charge on any atom is 0.258 e. The quantitative estimate of drug-likeness (QED) is 0.874. The maximum atomic E-state index is 11.9. The second-order valence-corrected chi connectivity index (χ2v) is 6.16. The van der Waals surface area contributed by atoms with Gasteiger partial charge in [-0.3, -0.25) is 4.79 Å². The molecule has 5 heteroatoms. The fraction of sp³-hybridized carbons (Fsp3) is 0.588. The Morgan fingerprint density at radius 1 is 1.36 bits per heavy atom. The van der Waals surface area contributed by atoms with E-state index in [1.54, 1.807) is 0 Å². The molecule has 124 valence electrons. The van der Waals surface area contributed by atoms with Crippen molar-refractivity contribution in [2.24, 2.45) is 5.92 Å². The summed E-state index contributed by atoms with van der Waals surface area (Å²) in [5, 5.41) is 6.35. The highest BCUT2D eigenvalue weighted by molar-refractivity contribution is 5.85. The van der Waals surface area contributed by atoms with Crippen molar-refractivity contribution in [3.63, 3.8) is 0 Å². The molecule has 1 aliphatic heterocycles. The number of piperidine rings is 1. The minimum Gasteiger partial charge on any atom is -0.484 e. The van der Waals surface area contributed by atoms with Gasteiger partial charge >= 0.3 is 0 Å². The second-order valence-electron chi connectivity index (χ2n) is 6.16. The van der Waals surface area contributed by atoms with Crippen LogP contribution >= 0.6 is 12.4 Å². The Morgan fingerprint density at radius 2 is 2.05 bits per heavy atom. The Balaban J connectivity index is 0.00000242. The van der Waals surface area contributed by atoms with Gasteiger partial charge < -0.3 is 15.4 Å². The Morgan fingerprint density at radius 3 is 2.64 bits per heavy atom. The Bertz CT molecular complexity index is 462. The number of hydrogen-bond acceptors (Lipinski definition) is 3. The first-order chi connectivity index (χ1) is 10.1. The number of benzene rings is 1. The zero-order valence-electron chi connectivity index (χ0n) is 13.6. The van der Waals surface area contributed by atoms with Crippen LogP contribution in [0, 0.1) is 5.92 Å². The van der Waals surface area contributed by atoms with Crippen LogP contribution in [0.1, 0.15) is 38.7 Å². The van der Waals surface area contributed by atoms with E-state index in [1.807, 2.05) is 24.3 Å². The summed E-state index contributed by atoms with van der Waals surface area (Å²) in [5.41, 5.74) is 1.27. The fourth-order valence-corrected chi connectivity index (χ4v) is 2.53. The van der Waals surface area contributed by atoms with E-state index in [1.165, 1.54) is 5.56 Å². The minimum absolute atomic E-state index is 0. The van der Waals surface area contributed by atoms with Crippen molar-refractivity contribution in [1.82, 2.24) is 10.6 Å². The molecular weight excluding hydrogens is 300 g/mol. The maximum absolute atomic E-state index is 11.9. The number of carbonyl (C=O) groups excluding carboxylic acids is 1. The van der Waals surface area contributed by atoms with Gasteiger partial charge in [-0.15, -0.1) is 12.4 Å². The number of hydrogen-bond donors (Lipinski definition) is 2. The molecule has 1 aromatic carbocycles. The van der Waals surface area contributed by atoms with Crippen LogP contribution in [0.15, 0.2) is 24.3 Å². The molecular formula is C17H27ClN2O2. The molecule has 2 unspecified atom stereocenters. The highest BCUT2D eigenvalue weighted by atomic mass is 35.5. The molecule has 0 saturated carbocycles. The predicted molar refractivity (Wildman–Crippen MR) is 91.9 cm³/mol. The number of nitrogens with one attached hydrogen (secondary N) is 2. The second kappa shape index (κ2) is 9.01. The normalized spacial score (nSPS) is 21.1. The molecule has 1 amide bonds. The number of carbonyl (C=O) groups is 1. The van der Waals surface area contributed by atoms with Crippen LogP contribution in [-0.4, -0.2) is 31.6 Å². The molecule has 1 saturated heterocycles. The van der Waals surface area contributed by atoms with Crippen LogP contribution < -0.4 is 15.4 Å². The highest BCUT2D eigenvalue weighted by Gasteiger charge is 2.22. The van der Waals surface area contributed by atoms with Gasteiger partial charge in [0.1, 0.15) is 5.75 Å². The van der Waals surface area contributed by atoms with Gasteiger partial charge in [-0.25, -0.2) is 0 Å². The standard InChI is InChI=1S/C17H26N2O2.ClH/c1-12(2)14-4-6-15(7-5-14)21-11-17(20)19-16-10-18-9-8-13(16)3;/h4-7,12-13,16,18H,8-11H2,1-3H3,(H,19,20);1H. The molecule has 1 aromatic rings. The number of rotatable bonds is 5. The van der Waals surface area contributed by atoms with E-state index in [9.17, 15) is 4.79 Å². The summed E-state index contributed by atoms with van der Waals surface area (Å²) in [6.45, 7) is 8.44. The van der Waals surface area contributed by atoms with E-state index in [0.29, 0.717) is 11.8 Å². The van der Waals surface area contributed by atoms with E-state index in [2.05, 4.69) is 31.4 Å². The summed E-state index contributed by atoms with van der Waals surface area (Å²) in [7, 11) is 0. The van der Waals surface area contributed by atoms with Crippen LogP contribution in [0.5, 0.6) is 5.75 Å². The van der Waals surface area contributed by atoms with Crippen LogP contribution in [0.25, 0.3) is 0 Å². The van der Waals surface area contributed by atoms with Crippen LogP contribution in [-0.2, 0) is 4.79 Å². The zero-order chi connectivity index (χ0) is 15.2. The monoisotopic (exact) mass is 326 g/mol. The first kappa shape index (κ1) is 18.8. The van der Waals surface area contributed by atoms with Crippen LogP contribution in [0.4, 0.5) is 0 Å². The van der Waals surface area contributed by atoms with E-state index in [0.717, 1.165) is 25.3 Å². The van der Waals surface area contributed by atoms with E-state index in [-0.39, 0.29) is 31.0 Å². The first-order valence-corrected chi connectivity index (χ1v) is 7.79. The third-order valence-electron chi connectivity index (χ3n) is 4.09. The molecule has 0 aromatic heterocycles. The largest absolute Gasteiger partial charge is 0.484 e. The first-order valence-electron chi connectivity index (χ1n) is 7.79. The molecule has 1 fully saturated rings. The van der Waals surface area contributed by atoms with Crippen molar-refractivity contribution in [2.75, 3.05) is 19.7 Å². The highest BCUT2D eigenvalue weighted by Crippen LogP contribution is 2.18. The lowest BCUT2D eigenvalue weighted by Gasteiger charge is -2.30. The molecule has 0 aliphatic carbocycles. The molecule has 2 rings (SSSR count). The lowest BCUT2D eigenvalue weighted by Crippen LogP contribution is -2.51. The molecule has 0 bridgehead atoms. The van der Waals surface area contributed by atoms with Crippen LogP contribution in [0.2, 0.25) is 0 Å². The third-order valence-corrected chi connectivity index (χ3v) is 4.09. The SMILES string of the molecule is CC(C)c1ccc(OCC(=O)NC2CNCCC2C)cc1.Cl.